The Labute approximate surface area is 112 Å². The van der Waals surface area contributed by atoms with Crippen LogP contribution in [0.15, 0.2) is 12.1 Å². The van der Waals surface area contributed by atoms with Crippen molar-refractivity contribution in [2.45, 2.75) is 38.6 Å². The van der Waals surface area contributed by atoms with Gasteiger partial charge in [-0.2, -0.15) is 0 Å². The number of hydrogen-bond donors (Lipinski definition) is 2. The third-order valence-corrected chi connectivity index (χ3v) is 4.02. The van der Waals surface area contributed by atoms with Gasteiger partial charge in [-0.1, -0.05) is 30.1 Å². The van der Waals surface area contributed by atoms with Gasteiger partial charge in [0.15, 0.2) is 0 Å². The fraction of sp³-hybridized carbons (Fsp3) is 0.538. The topological polar surface area (TPSA) is 38.0 Å². The predicted molar refractivity (Wildman–Crippen MR) is 75.9 cm³/mol. The van der Waals surface area contributed by atoms with E-state index in [4.69, 9.17) is 28.9 Å². The molecule has 1 fully saturated rings. The van der Waals surface area contributed by atoms with Crippen LogP contribution < -0.4 is 11.1 Å². The maximum atomic E-state index is 6.16. The molecule has 3 N–H and O–H groups in total. The van der Waals surface area contributed by atoms with Gasteiger partial charge < -0.3 is 11.1 Å². The van der Waals surface area contributed by atoms with Gasteiger partial charge in [0.1, 0.15) is 0 Å². The number of rotatable bonds is 2. The number of nitrogen functional groups attached to an aromatic ring is 1. The van der Waals surface area contributed by atoms with Gasteiger partial charge in [-0.05, 0) is 43.7 Å². The lowest BCUT2D eigenvalue weighted by atomic mass is 9.87. The zero-order valence-electron chi connectivity index (χ0n) is 9.97. The van der Waals surface area contributed by atoms with Crippen LogP contribution in [0.4, 0.5) is 11.4 Å². The average Bonchev–Trinajstić information content (AvgIpc) is 2.26. The number of anilines is 2. The van der Waals surface area contributed by atoms with Gasteiger partial charge >= 0.3 is 0 Å². The SMILES string of the molecule is CC1CCC(Nc2c(Cl)cc(N)cc2Cl)CC1. The molecule has 1 aliphatic rings. The third-order valence-electron chi connectivity index (χ3n) is 3.43. The second-order valence-electron chi connectivity index (χ2n) is 4.96. The summed E-state index contributed by atoms with van der Waals surface area (Å²) in [5, 5.41) is 4.66. The van der Waals surface area contributed by atoms with Gasteiger partial charge in [-0.25, -0.2) is 0 Å². The maximum Gasteiger partial charge on any atom is 0.0722 e. The van der Waals surface area contributed by atoms with Crippen molar-refractivity contribution in [2.75, 3.05) is 11.1 Å². The van der Waals surface area contributed by atoms with E-state index in [1.54, 1.807) is 12.1 Å². The van der Waals surface area contributed by atoms with Crippen molar-refractivity contribution < 1.29 is 0 Å². The molecule has 1 saturated carbocycles. The summed E-state index contributed by atoms with van der Waals surface area (Å²) < 4.78 is 0. The Hall–Kier alpha value is -0.600. The lowest BCUT2D eigenvalue weighted by Crippen LogP contribution is -2.25. The molecule has 0 spiro atoms. The van der Waals surface area contributed by atoms with Crippen LogP contribution in [-0.2, 0) is 0 Å². The van der Waals surface area contributed by atoms with Crippen LogP contribution in [0.5, 0.6) is 0 Å². The van der Waals surface area contributed by atoms with E-state index in [1.165, 1.54) is 25.7 Å². The molecule has 1 aliphatic carbocycles. The van der Waals surface area contributed by atoms with E-state index in [1.807, 2.05) is 0 Å². The van der Waals surface area contributed by atoms with Gasteiger partial charge in [0, 0.05) is 11.7 Å². The molecule has 17 heavy (non-hydrogen) atoms. The van der Waals surface area contributed by atoms with Crippen molar-refractivity contribution >= 4 is 34.6 Å². The molecule has 0 radical (unpaired) electrons. The van der Waals surface area contributed by atoms with E-state index < -0.39 is 0 Å². The van der Waals surface area contributed by atoms with E-state index in [-0.39, 0.29) is 0 Å². The summed E-state index contributed by atoms with van der Waals surface area (Å²) in [6.07, 6.45) is 4.89. The molecule has 94 valence electrons. The quantitative estimate of drug-likeness (QED) is 0.775. The predicted octanol–water partition coefficient (Wildman–Crippen LogP) is 4.57. The van der Waals surface area contributed by atoms with E-state index in [9.17, 15) is 0 Å². The summed E-state index contributed by atoms with van der Waals surface area (Å²) >= 11 is 12.3. The molecule has 0 heterocycles. The van der Waals surface area contributed by atoms with Crippen LogP contribution in [0.2, 0.25) is 10.0 Å². The summed E-state index contributed by atoms with van der Waals surface area (Å²) in [6.45, 7) is 2.30. The van der Waals surface area contributed by atoms with Crippen LogP contribution in [0.25, 0.3) is 0 Å². The van der Waals surface area contributed by atoms with E-state index in [0.717, 1.165) is 11.6 Å². The second-order valence-corrected chi connectivity index (χ2v) is 5.78. The first-order chi connectivity index (χ1) is 8.06. The Morgan fingerprint density at radius 3 is 2.18 bits per heavy atom. The van der Waals surface area contributed by atoms with Crippen molar-refractivity contribution in [3.05, 3.63) is 22.2 Å². The Bertz CT molecular complexity index is 375. The number of nitrogens with one attached hydrogen (secondary N) is 1. The van der Waals surface area contributed by atoms with Crippen LogP contribution in [0, 0.1) is 5.92 Å². The highest BCUT2D eigenvalue weighted by atomic mass is 35.5. The van der Waals surface area contributed by atoms with E-state index >= 15 is 0 Å². The molecule has 0 aliphatic heterocycles. The minimum Gasteiger partial charge on any atom is -0.399 e. The summed E-state index contributed by atoms with van der Waals surface area (Å²) in [5.41, 5.74) is 7.10. The fourth-order valence-electron chi connectivity index (χ4n) is 2.34. The normalized spacial score (nSPS) is 24.6. The van der Waals surface area contributed by atoms with Crippen molar-refractivity contribution in [1.82, 2.24) is 0 Å². The minimum atomic E-state index is 0.477. The molecule has 1 aromatic carbocycles. The Morgan fingerprint density at radius 2 is 1.65 bits per heavy atom. The highest BCUT2D eigenvalue weighted by Gasteiger charge is 2.19. The molecule has 2 nitrogen and oxygen atoms in total. The molecule has 0 aromatic heterocycles. The van der Waals surface area contributed by atoms with Crippen molar-refractivity contribution in [3.8, 4) is 0 Å². The smallest absolute Gasteiger partial charge is 0.0722 e. The van der Waals surface area contributed by atoms with Crippen LogP contribution in [0.1, 0.15) is 32.6 Å². The van der Waals surface area contributed by atoms with Gasteiger partial charge in [-0.15, -0.1) is 0 Å². The molecule has 4 heteroatoms. The van der Waals surface area contributed by atoms with Gasteiger partial charge in [0.25, 0.3) is 0 Å². The lowest BCUT2D eigenvalue weighted by molar-refractivity contribution is 0.361. The maximum absolute atomic E-state index is 6.16. The lowest BCUT2D eigenvalue weighted by Gasteiger charge is -2.28. The first-order valence-corrected chi connectivity index (χ1v) is 6.83. The van der Waals surface area contributed by atoms with Crippen molar-refractivity contribution in [2.24, 2.45) is 5.92 Å². The van der Waals surface area contributed by atoms with Crippen LogP contribution in [-0.4, -0.2) is 6.04 Å². The average molecular weight is 273 g/mol. The summed E-state index contributed by atoms with van der Waals surface area (Å²) in [7, 11) is 0. The van der Waals surface area contributed by atoms with E-state index in [0.29, 0.717) is 21.8 Å². The largest absolute Gasteiger partial charge is 0.399 e. The molecular weight excluding hydrogens is 255 g/mol. The molecule has 0 unspecified atom stereocenters. The summed E-state index contributed by atoms with van der Waals surface area (Å²) in [5.74, 6) is 0.838. The Morgan fingerprint density at radius 1 is 1.12 bits per heavy atom. The highest BCUT2D eigenvalue weighted by molar-refractivity contribution is 6.39. The Balaban J connectivity index is 2.08. The zero-order chi connectivity index (χ0) is 12.4. The zero-order valence-corrected chi connectivity index (χ0v) is 11.5. The first-order valence-electron chi connectivity index (χ1n) is 6.07. The number of nitrogens with two attached hydrogens (primary N) is 1. The number of hydrogen-bond acceptors (Lipinski definition) is 2. The van der Waals surface area contributed by atoms with Crippen molar-refractivity contribution in [3.63, 3.8) is 0 Å². The summed E-state index contributed by atoms with van der Waals surface area (Å²) in [4.78, 5) is 0. The molecule has 1 aromatic rings. The van der Waals surface area contributed by atoms with Crippen LogP contribution >= 0.6 is 23.2 Å². The molecule has 0 bridgehead atoms. The van der Waals surface area contributed by atoms with Crippen molar-refractivity contribution in [1.29, 1.82) is 0 Å². The van der Waals surface area contributed by atoms with Gasteiger partial charge in [0.05, 0.1) is 15.7 Å². The third kappa shape index (κ3) is 3.20. The molecule has 0 amide bonds. The van der Waals surface area contributed by atoms with E-state index in [2.05, 4.69) is 12.2 Å². The Kier molecular flexibility index (Phi) is 4.05. The molecule has 0 atom stereocenters. The highest BCUT2D eigenvalue weighted by Crippen LogP contribution is 2.35. The molecule has 2 rings (SSSR count). The summed E-state index contributed by atoms with van der Waals surface area (Å²) in [6, 6.07) is 3.95. The molecular formula is C13H18Cl2N2. The fourth-order valence-corrected chi connectivity index (χ4v) is 2.95. The number of benzene rings is 1. The first kappa shape index (κ1) is 12.8. The number of halogens is 2. The minimum absolute atomic E-state index is 0.477. The monoisotopic (exact) mass is 272 g/mol. The standard InChI is InChI=1S/C13H18Cl2N2/c1-8-2-4-10(5-3-8)17-13-11(14)6-9(16)7-12(13)15/h6-8,10,17H,2-5,16H2,1H3. The van der Waals surface area contributed by atoms with Gasteiger partial charge in [-0.3, -0.25) is 0 Å². The molecule has 0 saturated heterocycles. The second kappa shape index (κ2) is 5.36. The van der Waals surface area contributed by atoms with Gasteiger partial charge in [0.2, 0.25) is 0 Å². The van der Waals surface area contributed by atoms with Crippen LogP contribution in [0.3, 0.4) is 0 Å².